The van der Waals surface area contributed by atoms with E-state index < -0.39 is 11.9 Å². The van der Waals surface area contributed by atoms with Gasteiger partial charge in [-0.25, -0.2) is 0 Å². The maximum atomic E-state index is 10.3. The number of carboxylic acids is 2. The fourth-order valence-electron chi connectivity index (χ4n) is 4.61. The summed E-state index contributed by atoms with van der Waals surface area (Å²) in [6.45, 7) is 9.08. The quantitative estimate of drug-likeness (QED) is 0.0581. The van der Waals surface area contributed by atoms with Gasteiger partial charge in [-0.1, -0.05) is 142 Å². The van der Waals surface area contributed by atoms with Gasteiger partial charge in [0.05, 0.1) is 0 Å². The van der Waals surface area contributed by atoms with E-state index in [-0.39, 0.29) is 21.1 Å². The van der Waals surface area contributed by atoms with Gasteiger partial charge in [-0.2, -0.15) is 0 Å². The number of carbonyl (C=O) groups is 2. The minimum atomic E-state index is -0.657. The Labute approximate surface area is 268 Å². The summed E-state index contributed by atoms with van der Waals surface area (Å²) in [4.78, 5) is 20.5. The summed E-state index contributed by atoms with van der Waals surface area (Å²) in [6, 6.07) is 0. The van der Waals surface area contributed by atoms with Crippen LogP contribution in [0.5, 0.6) is 0 Å². The first-order valence-electron chi connectivity index (χ1n) is 18.1. The van der Waals surface area contributed by atoms with Gasteiger partial charge in [0.25, 0.3) is 0 Å². The average Bonchev–Trinajstić information content (AvgIpc) is 2.95. The number of hydrogen-bond donors (Lipinski definition) is 2. The van der Waals surface area contributed by atoms with E-state index in [1.165, 1.54) is 141 Å². The van der Waals surface area contributed by atoms with E-state index in [0.717, 1.165) is 25.7 Å². The summed E-state index contributed by atoms with van der Waals surface area (Å²) >= 11 is 0.149. The molecule has 0 saturated carbocycles. The molecule has 0 aliphatic heterocycles. The molecule has 0 aliphatic carbocycles. The second-order valence-corrected chi connectivity index (χ2v) is 16.1. The van der Waals surface area contributed by atoms with Crippen molar-refractivity contribution in [3.63, 3.8) is 0 Å². The zero-order valence-corrected chi connectivity index (χ0v) is 31.3. The molecule has 0 aromatic carbocycles. The first-order chi connectivity index (χ1) is 20.0. The average molecular weight is 690 g/mol. The molecule has 0 amide bonds. The zero-order valence-electron chi connectivity index (χ0n) is 28.4. The van der Waals surface area contributed by atoms with Crippen molar-refractivity contribution in [2.75, 3.05) is 0 Å². The first kappa shape index (κ1) is 45.2. The Kier molecular flexibility index (Phi) is 48.7. The summed E-state index contributed by atoms with van der Waals surface area (Å²) in [6.07, 6.45) is 34.6. The summed E-state index contributed by atoms with van der Waals surface area (Å²) in [5, 5.41) is 16.9. The molecule has 0 aromatic heterocycles. The van der Waals surface area contributed by atoms with Crippen LogP contribution in [0.4, 0.5) is 0 Å². The molecule has 246 valence electrons. The molecular weight excluding hydrogens is 615 g/mol. The van der Waals surface area contributed by atoms with Gasteiger partial charge in [-0.15, -0.1) is 0 Å². The molecule has 4 nitrogen and oxygen atoms in total. The molecule has 0 rings (SSSR count). The molecular formula is C36H74O4Sn. The van der Waals surface area contributed by atoms with Gasteiger partial charge in [0, 0.05) is 12.8 Å². The molecule has 0 unspecified atom stereocenters. The SMILES string of the molecule is CCCCCCCCCCCCCC(=O)O.CCCCCCCCCCCCCC(=O)O.CCC[CH2][Sn][CH2]CCC. The van der Waals surface area contributed by atoms with E-state index in [1.807, 2.05) is 0 Å². The third-order valence-corrected chi connectivity index (χ3v) is 11.4. The van der Waals surface area contributed by atoms with Crippen molar-refractivity contribution in [3.05, 3.63) is 0 Å². The molecule has 5 heteroatoms. The summed E-state index contributed by atoms with van der Waals surface area (Å²) in [5.41, 5.74) is 0. The molecule has 0 spiro atoms. The molecule has 2 N–H and O–H groups in total. The van der Waals surface area contributed by atoms with Gasteiger partial charge in [-0.05, 0) is 12.8 Å². The second-order valence-electron chi connectivity index (χ2n) is 11.8. The van der Waals surface area contributed by atoms with Crippen LogP contribution >= 0.6 is 0 Å². The molecule has 41 heavy (non-hydrogen) atoms. The molecule has 0 saturated heterocycles. The van der Waals surface area contributed by atoms with Gasteiger partial charge < -0.3 is 10.2 Å². The normalized spacial score (nSPS) is 10.4. The number of hydrogen-bond acceptors (Lipinski definition) is 2. The predicted molar refractivity (Wildman–Crippen MR) is 183 cm³/mol. The number of carboxylic acid groups (broad SMARTS) is 2. The first-order valence-corrected chi connectivity index (χ1v) is 22.1. The maximum absolute atomic E-state index is 10.3. The molecule has 0 heterocycles. The van der Waals surface area contributed by atoms with E-state index in [0.29, 0.717) is 12.8 Å². The molecule has 0 bridgehead atoms. The molecule has 0 aliphatic rings. The van der Waals surface area contributed by atoms with Crippen molar-refractivity contribution in [3.8, 4) is 0 Å². The van der Waals surface area contributed by atoms with Gasteiger partial charge in [0.15, 0.2) is 0 Å². The topological polar surface area (TPSA) is 74.6 Å². The van der Waals surface area contributed by atoms with E-state index in [2.05, 4.69) is 27.7 Å². The van der Waals surface area contributed by atoms with Gasteiger partial charge in [-0.3, -0.25) is 9.59 Å². The molecule has 2 radical (unpaired) electrons. The van der Waals surface area contributed by atoms with Crippen molar-refractivity contribution in [2.24, 2.45) is 0 Å². The van der Waals surface area contributed by atoms with Crippen molar-refractivity contribution in [2.45, 2.75) is 216 Å². The van der Waals surface area contributed by atoms with Crippen LogP contribution in [-0.2, 0) is 9.59 Å². The third kappa shape index (κ3) is 56.2. The molecule has 0 aromatic rings. The monoisotopic (exact) mass is 690 g/mol. The Morgan fingerprint density at radius 3 is 0.805 bits per heavy atom. The number of rotatable bonds is 30. The minimum absolute atomic E-state index is 0.149. The fraction of sp³-hybridized carbons (Fsp3) is 0.944. The third-order valence-electron chi connectivity index (χ3n) is 7.40. The van der Waals surface area contributed by atoms with Crippen molar-refractivity contribution < 1.29 is 19.8 Å². The van der Waals surface area contributed by atoms with Gasteiger partial charge >= 0.3 is 81.5 Å². The summed E-state index contributed by atoms with van der Waals surface area (Å²) in [7, 11) is 0. The van der Waals surface area contributed by atoms with E-state index in [1.54, 1.807) is 8.87 Å². The fourth-order valence-corrected chi connectivity index (χ4v) is 8.77. The van der Waals surface area contributed by atoms with Gasteiger partial charge in [0.1, 0.15) is 0 Å². The molecule has 0 atom stereocenters. The van der Waals surface area contributed by atoms with Crippen molar-refractivity contribution in [1.29, 1.82) is 0 Å². The van der Waals surface area contributed by atoms with Crippen LogP contribution in [0.3, 0.4) is 0 Å². The number of unbranched alkanes of at least 4 members (excludes halogenated alkanes) is 22. The van der Waals surface area contributed by atoms with Crippen LogP contribution in [-0.4, -0.2) is 43.3 Å². The Balaban J connectivity index is -0.000000551. The van der Waals surface area contributed by atoms with Crippen LogP contribution < -0.4 is 0 Å². The van der Waals surface area contributed by atoms with Crippen LogP contribution in [0.1, 0.15) is 207 Å². The Bertz CT molecular complexity index is 442. The van der Waals surface area contributed by atoms with Crippen molar-refractivity contribution in [1.82, 2.24) is 0 Å². The second kappa shape index (κ2) is 44.2. The standard InChI is InChI=1S/2C14H28O2.2C4H9.Sn/c2*1-2-3-4-5-6-7-8-9-10-11-12-13-14(15)16;2*1-3-4-2;/h2*2-13H2,1H3,(H,15,16);2*1,3-4H2,2H3;. The van der Waals surface area contributed by atoms with Crippen LogP contribution in [0.2, 0.25) is 8.87 Å². The Morgan fingerprint density at radius 1 is 0.366 bits per heavy atom. The van der Waals surface area contributed by atoms with Gasteiger partial charge in [0.2, 0.25) is 0 Å². The van der Waals surface area contributed by atoms with E-state index in [4.69, 9.17) is 10.2 Å². The summed E-state index contributed by atoms with van der Waals surface area (Å²) in [5.74, 6) is -1.31. The summed E-state index contributed by atoms with van der Waals surface area (Å²) < 4.78 is 3.25. The predicted octanol–water partition coefficient (Wildman–Crippen LogP) is 12.7. The zero-order chi connectivity index (χ0) is 31.1. The Morgan fingerprint density at radius 2 is 0.585 bits per heavy atom. The molecule has 0 fully saturated rings. The van der Waals surface area contributed by atoms with Crippen LogP contribution in [0, 0.1) is 0 Å². The van der Waals surface area contributed by atoms with E-state index >= 15 is 0 Å². The van der Waals surface area contributed by atoms with Crippen LogP contribution in [0.15, 0.2) is 0 Å². The van der Waals surface area contributed by atoms with E-state index in [9.17, 15) is 9.59 Å². The number of aliphatic carboxylic acids is 2. The Hall–Kier alpha value is -0.261. The van der Waals surface area contributed by atoms with Crippen LogP contribution in [0.25, 0.3) is 0 Å². The van der Waals surface area contributed by atoms with Crippen molar-refractivity contribution >= 4 is 33.1 Å².